The summed E-state index contributed by atoms with van der Waals surface area (Å²) in [7, 11) is -3.64. The maximum absolute atomic E-state index is 13.2. The van der Waals surface area contributed by atoms with E-state index in [9.17, 15) is 13.2 Å². The van der Waals surface area contributed by atoms with E-state index in [0.29, 0.717) is 43.6 Å². The molecule has 11 heteroatoms. The van der Waals surface area contributed by atoms with E-state index < -0.39 is 15.9 Å². The highest BCUT2D eigenvalue weighted by Gasteiger charge is 2.31. The van der Waals surface area contributed by atoms with Crippen LogP contribution in [-0.2, 0) is 16.4 Å². The number of nitrogens with one attached hydrogen (secondary N) is 1. The van der Waals surface area contributed by atoms with Gasteiger partial charge >= 0.3 is 6.01 Å². The van der Waals surface area contributed by atoms with E-state index >= 15 is 0 Å². The van der Waals surface area contributed by atoms with Gasteiger partial charge in [-0.25, -0.2) is 8.42 Å². The molecule has 2 aromatic carbocycles. The van der Waals surface area contributed by atoms with Gasteiger partial charge in [0.2, 0.25) is 15.9 Å². The number of fused-ring (bicyclic) bond motifs is 1. The van der Waals surface area contributed by atoms with E-state index in [2.05, 4.69) is 15.5 Å². The highest BCUT2D eigenvalue weighted by molar-refractivity contribution is 7.89. The Balaban J connectivity index is 1.22. The van der Waals surface area contributed by atoms with Crippen LogP contribution in [0.15, 0.2) is 51.8 Å². The molecule has 0 atom stereocenters. The fraction of sp³-hybridized carbons (Fsp3) is 0.423. The number of amides is 1. The van der Waals surface area contributed by atoms with Gasteiger partial charge in [-0.2, -0.15) is 4.31 Å². The van der Waals surface area contributed by atoms with Crippen molar-refractivity contribution in [3.8, 4) is 11.5 Å². The minimum Gasteiger partial charge on any atom is -0.486 e. The van der Waals surface area contributed by atoms with Crippen molar-refractivity contribution in [3.63, 3.8) is 0 Å². The third-order valence-electron chi connectivity index (χ3n) is 6.67. The molecule has 1 aliphatic heterocycles. The minimum atomic E-state index is -3.64. The summed E-state index contributed by atoms with van der Waals surface area (Å²) in [6.07, 6.45) is 5.37. The molecule has 1 saturated carbocycles. The molecule has 3 aromatic rings. The molecule has 1 aromatic heterocycles. The Bertz CT molecular complexity index is 1350. The standard InChI is InChI=1S/C26H30N4O6S/c1-2-30(20-6-4-3-5-7-20)37(32,33)21-11-9-19(10-12-21)25(31)27-26-29-28-24(36-26)17-18-8-13-22-23(16-18)35-15-14-34-22/h8-13,16,20H,2-7,14-15,17H2,1H3,(H,27,29,31). The third kappa shape index (κ3) is 5.62. The van der Waals surface area contributed by atoms with Gasteiger partial charge in [0.15, 0.2) is 11.5 Å². The molecule has 0 bridgehead atoms. The fourth-order valence-corrected chi connectivity index (χ4v) is 6.52. The second-order valence-electron chi connectivity index (χ2n) is 9.13. The Morgan fingerprint density at radius 3 is 2.46 bits per heavy atom. The summed E-state index contributed by atoms with van der Waals surface area (Å²) in [5.74, 6) is 1.22. The molecule has 37 heavy (non-hydrogen) atoms. The molecule has 0 saturated heterocycles. The second kappa shape index (κ2) is 10.9. The van der Waals surface area contributed by atoms with Crippen molar-refractivity contribution in [1.82, 2.24) is 14.5 Å². The zero-order valence-corrected chi connectivity index (χ0v) is 21.5. The summed E-state index contributed by atoms with van der Waals surface area (Å²) >= 11 is 0. The number of rotatable bonds is 8. The quantitative estimate of drug-likeness (QED) is 0.467. The molecule has 5 rings (SSSR count). The molecule has 0 spiro atoms. The van der Waals surface area contributed by atoms with Crippen molar-refractivity contribution >= 4 is 21.9 Å². The molecular weight excluding hydrogens is 496 g/mol. The Morgan fingerprint density at radius 2 is 1.73 bits per heavy atom. The lowest BCUT2D eigenvalue weighted by molar-refractivity contribution is 0.102. The molecule has 1 N–H and O–H groups in total. The first-order valence-electron chi connectivity index (χ1n) is 12.6. The van der Waals surface area contributed by atoms with Crippen LogP contribution in [0, 0.1) is 0 Å². The topological polar surface area (TPSA) is 124 Å². The van der Waals surface area contributed by atoms with E-state index in [0.717, 1.165) is 37.7 Å². The molecule has 0 unspecified atom stereocenters. The maximum atomic E-state index is 13.2. The molecule has 0 radical (unpaired) electrons. The summed E-state index contributed by atoms with van der Waals surface area (Å²) in [6, 6.07) is 11.5. The summed E-state index contributed by atoms with van der Waals surface area (Å²) in [5, 5.41) is 10.5. The van der Waals surface area contributed by atoms with E-state index in [1.165, 1.54) is 24.3 Å². The van der Waals surface area contributed by atoms with E-state index in [4.69, 9.17) is 13.9 Å². The predicted octanol–water partition coefficient (Wildman–Crippen LogP) is 4.03. The van der Waals surface area contributed by atoms with Crippen molar-refractivity contribution < 1.29 is 27.1 Å². The van der Waals surface area contributed by atoms with Crippen LogP contribution in [0.25, 0.3) is 0 Å². The molecule has 196 valence electrons. The molecule has 10 nitrogen and oxygen atoms in total. The predicted molar refractivity (Wildman–Crippen MR) is 135 cm³/mol. The van der Waals surface area contributed by atoms with Gasteiger partial charge in [-0.1, -0.05) is 37.4 Å². The van der Waals surface area contributed by atoms with Crippen LogP contribution in [0.3, 0.4) is 0 Å². The third-order valence-corrected chi connectivity index (χ3v) is 8.71. The van der Waals surface area contributed by atoms with Gasteiger partial charge < -0.3 is 13.9 Å². The smallest absolute Gasteiger partial charge is 0.322 e. The zero-order chi connectivity index (χ0) is 25.8. The van der Waals surface area contributed by atoms with Gasteiger partial charge in [-0.15, -0.1) is 5.10 Å². The molecule has 1 aliphatic carbocycles. The number of aromatic nitrogens is 2. The lowest BCUT2D eigenvalue weighted by Gasteiger charge is -2.32. The Morgan fingerprint density at radius 1 is 1.00 bits per heavy atom. The van der Waals surface area contributed by atoms with Gasteiger partial charge in [0.25, 0.3) is 5.91 Å². The number of hydrogen-bond donors (Lipinski definition) is 1. The monoisotopic (exact) mass is 526 g/mol. The van der Waals surface area contributed by atoms with Crippen LogP contribution in [-0.4, -0.2) is 54.6 Å². The summed E-state index contributed by atoms with van der Waals surface area (Å²) in [4.78, 5) is 12.9. The Hall–Kier alpha value is -3.44. The number of nitrogens with zero attached hydrogens (tertiary/aromatic N) is 3. The number of carbonyl (C=O) groups excluding carboxylic acids is 1. The number of sulfonamides is 1. The van der Waals surface area contributed by atoms with Gasteiger partial charge in [0, 0.05) is 18.2 Å². The van der Waals surface area contributed by atoms with Crippen molar-refractivity contribution in [1.29, 1.82) is 0 Å². The average molecular weight is 527 g/mol. The first kappa shape index (κ1) is 25.2. The first-order chi connectivity index (χ1) is 17.9. The van der Waals surface area contributed by atoms with E-state index in [1.54, 1.807) is 4.31 Å². The summed E-state index contributed by atoms with van der Waals surface area (Å²) < 4.78 is 44.8. The SMILES string of the molecule is CCN(C1CCCCC1)S(=O)(=O)c1ccc(C(=O)Nc2nnc(Cc3ccc4c(c3)OCCO4)o2)cc1. The van der Waals surface area contributed by atoms with Crippen LogP contribution >= 0.6 is 0 Å². The molecular formula is C26H30N4O6S. The normalized spacial score (nSPS) is 16.1. The molecule has 2 aliphatic rings. The lowest BCUT2D eigenvalue weighted by Crippen LogP contribution is -2.41. The molecule has 2 heterocycles. The van der Waals surface area contributed by atoms with Gasteiger partial charge in [0.1, 0.15) is 13.2 Å². The molecule has 1 amide bonds. The number of hydrogen-bond acceptors (Lipinski definition) is 8. The fourth-order valence-electron chi connectivity index (χ4n) is 4.82. The van der Waals surface area contributed by atoms with E-state index in [1.807, 2.05) is 25.1 Å². The van der Waals surface area contributed by atoms with Crippen LogP contribution in [0.1, 0.15) is 60.8 Å². The number of ether oxygens (including phenoxy) is 2. The van der Waals surface area contributed by atoms with E-state index in [-0.39, 0.29) is 22.5 Å². The van der Waals surface area contributed by atoms with Crippen LogP contribution in [0.2, 0.25) is 0 Å². The van der Waals surface area contributed by atoms with Crippen molar-refractivity contribution in [3.05, 3.63) is 59.5 Å². The number of carbonyl (C=O) groups is 1. The van der Waals surface area contributed by atoms with Crippen molar-refractivity contribution in [2.24, 2.45) is 0 Å². The summed E-state index contributed by atoms with van der Waals surface area (Å²) in [5.41, 5.74) is 1.18. The number of benzene rings is 2. The van der Waals surface area contributed by atoms with Crippen LogP contribution < -0.4 is 14.8 Å². The van der Waals surface area contributed by atoms with Gasteiger partial charge in [-0.3, -0.25) is 10.1 Å². The van der Waals surface area contributed by atoms with Gasteiger partial charge in [-0.05, 0) is 54.8 Å². The Kier molecular flexibility index (Phi) is 7.43. The average Bonchev–Trinajstić information content (AvgIpc) is 3.36. The lowest BCUT2D eigenvalue weighted by atomic mass is 9.95. The highest BCUT2D eigenvalue weighted by atomic mass is 32.2. The maximum Gasteiger partial charge on any atom is 0.322 e. The second-order valence-corrected chi connectivity index (χ2v) is 11.0. The minimum absolute atomic E-state index is 0.0283. The summed E-state index contributed by atoms with van der Waals surface area (Å²) in [6.45, 7) is 3.30. The van der Waals surface area contributed by atoms with Crippen molar-refractivity contribution in [2.75, 3.05) is 25.1 Å². The number of anilines is 1. The first-order valence-corrected chi connectivity index (χ1v) is 14.0. The largest absolute Gasteiger partial charge is 0.486 e. The van der Waals surface area contributed by atoms with Crippen LogP contribution in [0.5, 0.6) is 11.5 Å². The molecule has 1 fully saturated rings. The Labute approximate surface area is 216 Å². The zero-order valence-electron chi connectivity index (χ0n) is 20.7. The van der Waals surface area contributed by atoms with Crippen LogP contribution in [0.4, 0.5) is 6.01 Å². The van der Waals surface area contributed by atoms with Gasteiger partial charge in [0.05, 0.1) is 11.3 Å². The highest BCUT2D eigenvalue weighted by Crippen LogP contribution is 2.31. The van der Waals surface area contributed by atoms with Crippen molar-refractivity contribution in [2.45, 2.75) is 56.4 Å².